The van der Waals surface area contributed by atoms with Gasteiger partial charge in [-0.1, -0.05) is 6.07 Å². The topological polar surface area (TPSA) is 98.1 Å². The van der Waals surface area contributed by atoms with Gasteiger partial charge in [-0.15, -0.1) is 0 Å². The molecule has 33 heavy (non-hydrogen) atoms. The second kappa shape index (κ2) is 10.8. The Balaban J connectivity index is 1.58. The van der Waals surface area contributed by atoms with Crippen LogP contribution in [0.1, 0.15) is 17.1 Å². The third-order valence-electron chi connectivity index (χ3n) is 4.37. The van der Waals surface area contributed by atoms with E-state index in [9.17, 15) is 23.2 Å². The summed E-state index contributed by atoms with van der Waals surface area (Å²) in [7, 11) is 1.30. The molecule has 2 aromatic rings. The Labute approximate surface area is 192 Å². The monoisotopic (exact) mass is 478 g/mol. The first-order valence-corrected chi connectivity index (χ1v) is 10.5. The molecule has 11 heteroatoms. The number of nitrogens with one attached hydrogen (secondary N) is 1. The molecule has 0 bridgehead atoms. The van der Waals surface area contributed by atoms with Crippen molar-refractivity contribution in [2.24, 2.45) is 0 Å². The SMILES string of the molecule is COc1cc(/C=C2\SC(=O)N(CCNC(=O)/C=C/c3ccc(C)o3)C2=O)ccc1OC(F)F. The molecule has 0 unspecified atom stereocenters. The van der Waals surface area contributed by atoms with Crippen molar-refractivity contribution in [2.75, 3.05) is 20.2 Å². The van der Waals surface area contributed by atoms with Crippen molar-refractivity contribution in [1.29, 1.82) is 0 Å². The van der Waals surface area contributed by atoms with Crippen LogP contribution in [0.5, 0.6) is 11.5 Å². The summed E-state index contributed by atoms with van der Waals surface area (Å²) in [5.41, 5.74) is 0.463. The maximum absolute atomic E-state index is 12.6. The predicted molar refractivity (Wildman–Crippen MR) is 118 cm³/mol. The van der Waals surface area contributed by atoms with Gasteiger partial charge in [0.15, 0.2) is 11.5 Å². The number of imide groups is 1. The largest absolute Gasteiger partial charge is 0.493 e. The Morgan fingerprint density at radius 1 is 1.24 bits per heavy atom. The van der Waals surface area contributed by atoms with E-state index in [1.54, 1.807) is 19.1 Å². The van der Waals surface area contributed by atoms with Gasteiger partial charge in [0, 0.05) is 19.2 Å². The summed E-state index contributed by atoms with van der Waals surface area (Å²) in [6.07, 6.45) is 4.25. The zero-order valence-electron chi connectivity index (χ0n) is 17.7. The third kappa shape index (κ3) is 6.45. The van der Waals surface area contributed by atoms with Gasteiger partial charge in [0.05, 0.1) is 12.0 Å². The number of benzene rings is 1. The second-order valence-electron chi connectivity index (χ2n) is 6.69. The van der Waals surface area contributed by atoms with Crippen LogP contribution in [0, 0.1) is 6.92 Å². The zero-order valence-corrected chi connectivity index (χ0v) is 18.5. The highest BCUT2D eigenvalue weighted by molar-refractivity contribution is 8.18. The molecular weight excluding hydrogens is 458 g/mol. The van der Waals surface area contributed by atoms with Gasteiger partial charge in [-0.2, -0.15) is 8.78 Å². The van der Waals surface area contributed by atoms with Crippen LogP contribution >= 0.6 is 11.8 Å². The number of aryl methyl sites for hydroxylation is 1. The Morgan fingerprint density at radius 3 is 2.70 bits per heavy atom. The minimum atomic E-state index is -3.01. The van der Waals surface area contributed by atoms with E-state index in [1.165, 1.54) is 43.5 Å². The number of amides is 3. The van der Waals surface area contributed by atoms with Gasteiger partial charge in [0.1, 0.15) is 11.5 Å². The fourth-order valence-electron chi connectivity index (χ4n) is 2.86. The molecule has 1 aliphatic rings. The van der Waals surface area contributed by atoms with Gasteiger partial charge in [0.2, 0.25) is 5.91 Å². The number of hydrogen-bond donors (Lipinski definition) is 1. The number of hydrogen-bond acceptors (Lipinski definition) is 7. The Bertz CT molecular complexity index is 1110. The molecule has 3 amide bonds. The summed E-state index contributed by atoms with van der Waals surface area (Å²) >= 11 is 0.741. The van der Waals surface area contributed by atoms with Crippen LogP contribution in [0.2, 0.25) is 0 Å². The number of nitrogens with zero attached hydrogens (tertiary/aromatic N) is 1. The fraction of sp³-hybridized carbons (Fsp3) is 0.227. The molecule has 1 saturated heterocycles. The standard InChI is InChI=1S/C22H20F2N2O6S/c1-13-3-5-15(31-13)6-8-19(27)25-9-10-26-20(28)18(33-22(26)29)12-14-4-7-16(32-21(23)24)17(11-14)30-2/h3-8,11-12,21H,9-10H2,1-2H3,(H,25,27)/b8-6+,18-12-. The lowest BCUT2D eigenvalue weighted by Gasteiger charge is -2.12. The number of halogens is 2. The predicted octanol–water partition coefficient (Wildman–Crippen LogP) is 4.06. The van der Waals surface area contributed by atoms with Gasteiger partial charge >= 0.3 is 6.61 Å². The van der Waals surface area contributed by atoms with E-state index in [0.29, 0.717) is 11.3 Å². The molecule has 0 aliphatic carbocycles. The Kier molecular flexibility index (Phi) is 7.88. The smallest absolute Gasteiger partial charge is 0.387 e. The summed E-state index contributed by atoms with van der Waals surface area (Å²) in [4.78, 5) is 37.9. The number of thioether (sulfide) groups is 1. The van der Waals surface area contributed by atoms with E-state index >= 15 is 0 Å². The molecular formula is C22H20F2N2O6S. The van der Waals surface area contributed by atoms with Gasteiger partial charge in [-0.25, -0.2) is 0 Å². The maximum atomic E-state index is 12.6. The van der Waals surface area contributed by atoms with Gasteiger partial charge < -0.3 is 19.2 Å². The molecule has 3 rings (SSSR count). The van der Waals surface area contributed by atoms with Crippen molar-refractivity contribution in [1.82, 2.24) is 10.2 Å². The molecule has 0 radical (unpaired) electrons. The zero-order chi connectivity index (χ0) is 24.0. The highest BCUT2D eigenvalue weighted by Crippen LogP contribution is 2.34. The van der Waals surface area contributed by atoms with Crippen molar-refractivity contribution < 1.29 is 37.1 Å². The van der Waals surface area contributed by atoms with Gasteiger partial charge in [-0.05, 0) is 60.7 Å². The van der Waals surface area contributed by atoms with E-state index in [0.717, 1.165) is 22.4 Å². The maximum Gasteiger partial charge on any atom is 0.387 e. The fourth-order valence-corrected chi connectivity index (χ4v) is 3.73. The van der Waals surface area contributed by atoms with Crippen molar-refractivity contribution in [3.63, 3.8) is 0 Å². The quantitative estimate of drug-likeness (QED) is 0.543. The van der Waals surface area contributed by atoms with Crippen molar-refractivity contribution in [2.45, 2.75) is 13.5 Å². The lowest BCUT2D eigenvalue weighted by atomic mass is 10.2. The van der Waals surface area contributed by atoms with Crippen molar-refractivity contribution in [3.05, 3.63) is 58.4 Å². The van der Waals surface area contributed by atoms with Crippen LogP contribution in [0.25, 0.3) is 12.2 Å². The second-order valence-corrected chi connectivity index (χ2v) is 7.69. The Hall–Kier alpha value is -3.60. The summed E-state index contributed by atoms with van der Waals surface area (Å²) in [6.45, 7) is -1.16. The lowest BCUT2D eigenvalue weighted by molar-refractivity contribution is -0.123. The average Bonchev–Trinajstić information content (AvgIpc) is 3.30. The number of methoxy groups -OCH3 is 1. The Morgan fingerprint density at radius 2 is 2.03 bits per heavy atom. The number of ether oxygens (including phenoxy) is 2. The highest BCUT2D eigenvalue weighted by Gasteiger charge is 2.34. The molecule has 0 saturated carbocycles. The van der Waals surface area contributed by atoms with Crippen LogP contribution in [-0.2, 0) is 9.59 Å². The molecule has 0 atom stereocenters. The minimum Gasteiger partial charge on any atom is -0.493 e. The molecule has 2 heterocycles. The van der Waals surface area contributed by atoms with Crippen LogP contribution < -0.4 is 14.8 Å². The van der Waals surface area contributed by atoms with Crippen molar-refractivity contribution in [3.8, 4) is 11.5 Å². The van der Waals surface area contributed by atoms with E-state index in [4.69, 9.17) is 9.15 Å². The van der Waals surface area contributed by atoms with Gasteiger partial charge in [-0.3, -0.25) is 19.3 Å². The van der Waals surface area contributed by atoms with E-state index in [-0.39, 0.29) is 29.5 Å². The molecule has 1 aromatic carbocycles. The first-order valence-electron chi connectivity index (χ1n) is 9.67. The average molecular weight is 478 g/mol. The molecule has 174 valence electrons. The molecule has 1 fully saturated rings. The molecule has 1 aromatic heterocycles. The first kappa shape index (κ1) is 24.1. The lowest BCUT2D eigenvalue weighted by Crippen LogP contribution is -2.36. The highest BCUT2D eigenvalue weighted by atomic mass is 32.2. The van der Waals surface area contributed by atoms with Crippen LogP contribution in [-0.4, -0.2) is 48.8 Å². The third-order valence-corrected chi connectivity index (χ3v) is 5.28. The molecule has 1 aliphatic heterocycles. The summed E-state index contributed by atoms with van der Waals surface area (Å²) in [5, 5.41) is 2.12. The number of alkyl halides is 2. The summed E-state index contributed by atoms with van der Waals surface area (Å²) < 4.78 is 39.6. The van der Waals surface area contributed by atoms with E-state index in [2.05, 4.69) is 10.1 Å². The normalized spacial score (nSPS) is 15.2. The summed E-state index contributed by atoms with van der Waals surface area (Å²) in [5.74, 6) is 0.244. The molecule has 1 N–H and O–H groups in total. The number of carbonyl (C=O) groups is 3. The van der Waals surface area contributed by atoms with Gasteiger partial charge in [0.25, 0.3) is 11.1 Å². The summed E-state index contributed by atoms with van der Waals surface area (Å²) in [6, 6.07) is 7.65. The number of rotatable bonds is 9. The molecule has 0 spiro atoms. The number of carbonyl (C=O) groups excluding carboxylic acids is 3. The van der Waals surface area contributed by atoms with Crippen LogP contribution in [0.15, 0.2) is 45.7 Å². The molecule has 8 nitrogen and oxygen atoms in total. The first-order chi connectivity index (χ1) is 15.8. The van der Waals surface area contributed by atoms with Crippen LogP contribution in [0.4, 0.5) is 13.6 Å². The minimum absolute atomic E-state index is 0.00800. The van der Waals surface area contributed by atoms with E-state index < -0.39 is 23.7 Å². The van der Waals surface area contributed by atoms with Crippen molar-refractivity contribution >= 4 is 41.0 Å². The van der Waals surface area contributed by atoms with E-state index in [1.807, 2.05) is 0 Å². The van der Waals surface area contributed by atoms with Crippen LogP contribution in [0.3, 0.4) is 0 Å². The number of furan rings is 1.